The molecule has 0 atom stereocenters. The molecule has 2 N–H and O–H groups in total. The van der Waals surface area contributed by atoms with Crippen LogP contribution in [0.2, 0.25) is 0 Å². The first-order valence-corrected chi connectivity index (χ1v) is 9.09. The number of halogens is 1. The Morgan fingerprint density at radius 2 is 1.85 bits per heavy atom. The van der Waals surface area contributed by atoms with Crippen molar-refractivity contribution in [1.82, 2.24) is 14.9 Å². The van der Waals surface area contributed by atoms with Crippen molar-refractivity contribution in [2.45, 2.75) is 45.1 Å². The molecule has 0 unspecified atom stereocenters. The molecule has 1 aliphatic heterocycles. The zero-order valence-corrected chi connectivity index (χ0v) is 15.9. The number of piperidine rings is 1. The Morgan fingerprint density at radius 1 is 1.22 bits per heavy atom. The fraction of sp³-hybridized carbons (Fsp3) is 0.450. The summed E-state index contributed by atoms with van der Waals surface area (Å²) in [6.45, 7) is 6.61. The standard InChI is InChI=1S/C20H25FN4O2/c1-13-12-17(27-16-6-4-15(21)5-7-16)24-18(23-13)14-8-10-25(11-9-14)19(26)20(2,3)22/h4-7,12,14H,8-11,22H2,1-3H3. The second-order valence-corrected chi connectivity index (χ2v) is 7.55. The van der Waals surface area contributed by atoms with E-state index in [2.05, 4.69) is 9.97 Å². The number of aromatic nitrogens is 2. The third-order valence-corrected chi connectivity index (χ3v) is 4.58. The van der Waals surface area contributed by atoms with Gasteiger partial charge in [0.25, 0.3) is 0 Å². The first-order valence-electron chi connectivity index (χ1n) is 9.09. The monoisotopic (exact) mass is 372 g/mol. The molecule has 144 valence electrons. The molecule has 6 nitrogen and oxygen atoms in total. The molecule has 1 fully saturated rings. The van der Waals surface area contributed by atoms with Crippen LogP contribution in [0, 0.1) is 12.7 Å². The van der Waals surface area contributed by atoms with Gasteiger partial charge in [0.1, 0.15) is 17.4 Å². The fourth-order valence-electron chi connectivity index (χ4n) is 3.17. The largest absolute Gasteiger partial charge is 0.439 e. The maximum absolute atomic E-state index is 13.0. The van der Waals surface area contributed by atoms with Crippen LogP contribution >= 0.6 is 0 Å². The molecular weight excluding hydrogens is 347 g/mol. The van der Waals surface area contributed by atoms with Crippen LogP contribution in [0.3, 0.4) is 0 Å². The number of carbonyl (C=O) groups is 1. The van der Waals surface area contributed by atoms with E-state index in [0.717, 1.165) is 18.5 Å². The van der Waals surface area contributed by atoms with E-state index < -0.39 is 5.54 Å². The van der Waals surface area contributed by atoms with E-state index in [4.69, 9.17) is 10.5 Å². The van der Waals surface area contributed by atoms with Gasteiger partial charge >= 0.3 is 0 Å². The summed E-state index contributed by atoms with van der Waals surface area (Å²) in [7, 11) is 0. The number of ether oxygens (including phenoxy) is 1. The number of nitrogens with zero attached hydrogens (tertiary/aromatic N) is 3. The summed E-state index contributed by atoms with van der Waals surface area (Å²) >= 11 is 0. The molecule has 0 bridgehead atoms. The van der Waals surface area contributed by atoms with Crippen LogP contribution in [0.1, 0.15) is 44.1 Å². The van der Waals surface area contributed by atoms with Crippen molar-refractivity contribution in [3.05, 3.63) is 47.7 Å². The van der Waals surface area contributed by atoms with Crippen LogP contribution in [0.15, 0.2) is 30.3 Å². The lowest BCUT2D eigenvalue weighted by Crippen LogP contribution is -2.53. The molecule has 7 heteroatoms. The minimum atomic E-state index is -0.858. The fourth-order valence-corrected chi connectivity index (χ4v) is 3.17. The Hall–Kier alpha value is -2.54. The molecule has 0 spiro atoms. The third kappa shape index (κ3) is 4.80. The normalized spacial score (nSPS) is 15.7. The summed E-state index contributed by atoms with van der Waals surface area (Å²) in [5.41, 5.74) is 5.87. The number of nitrogens with two attached hydrogens (primary N) is 1. The number of carbonyl (C=O) groups excluding carboxylic acids is 1. The van der Waals surface area contributed by atoms with Gasteiger partial charge in [-0.2, -0.15) is 4.98 Å². The van der Waals surface area contributed by atoms with E-state index in [-0.39, 0.29) is 17.6 Å². The van der Waals surface area contributed by atoms with Gasteiger partial charge in [-0.25, -0.2) is 9.37 Å². The SMILES string of the molecule is Cc1cc(Oc2ccc(F)cc2)nc(C2CCN(C(=O)C(C)(C)N)CC2)n1. The Balaban J connectivity index is 1.70. The van der Waals surface area contributed by atoms with Gasteiger partial charge in [-0.15, -0.1) is 0 Å². The van der Waals surface area contributed by atoms with E-state index in [1.54, 1.807) is 32.0 Å². The Labute approximate surface area is 158 Å². The highest BCUT2D eigenvalue weighted by Crippen LogP contribution is 2.29. The van der Waals surface area contributed by atoms with Crippen molar-refractivity contribution in [3.8, 4) is 11.6 Å². The molecule has 1 saturated heterocycles. The molecule has 3 rings (SSSR count). The number of benzene rings is 1. The maximum Gasteiger partial charge on any atom is 0.242 e. The topological polar surface area (TPSA) is 81.3 Å². The Morgan fingerprint density at radius 3 is 2.44 bits per heavy atom. The number of rotatable bonds is 4. The quantitative estimate of drug-likeness (QED) is 0.892. The van der Waals surface area contributed by atoms with Gasteiger partial charge in [-0.1, -0.05) is 0 Å². The average Bonchev–Trinajstić information content (AvgIpc) is 2.62. The number of likely N-dealkylation sites (tertiary alicyclic amines) is 1. The molecule has 1 amide bonds. The van der Waals surface area contributed by atoms with Crippen LogP contribution in [-0.4, -0.2) is 39.4 Å². The molecule has 1 aromatic carbocycles. The lowest BCUT2D eigenvalue weighted by Gasteiger charge is -2.35. The molecule has 2 aromatic rings. The minimum absolute atomic E-state index is 0.0357. The smallest absolute Gasteiger partial charge is 0.242 e. The van der Waals surface area contributed by atoms with E-state index in [1.807, 2.05) is 11.8 Å². The van der Waals surface area contributed by atoms with Crippen LogP contribution in [0.5, 0.6) is 11.6 Å². The van der Waals surface area contributed by atoms with Crippen LogP contribution < -0.4 is 10.5 Å². The summed E-state index contributed by atoms with van der Waals surface area (Å²) < 4.78 is 18.8. The molecule has 27 heavy (non-hydrogen) atoms. The first kappa shape index (κ1) is 19.2. The zero-order valence-electron chi connectivity index (χ0n) is 15.9. The van der Waals surface area contributed by atoms with Gasteiger partial charge in [-0.05, 0) is 57.9 Å². The van der Waals surface area contributed by atoms with E-state index in [1.165, 1.54) is 12.1 Å². The number of aryl methyl sites for hydroxylation is 1. The molecule has 0 radical (unpaired) electrons. The Bertz CT molecular complexity index is 810. The second kappa shape index (κ2) is 7.60. The van der Waals surface area contributed by atoms with Crippen molar-refractivity contribution in [2.24, 2.45) is 5.73 Å². The minimum Gasteiger partial charge on any atom is -0.439 e. The van der Waals surface area contributed by atoms with Gasteiger partial charge < -0.3 is 15.4 Å². The van der Waals surface area contributed by atoms with Gasteiger partial charge in [0.2, 0.25) is 11.8 Å². The van der Waals surface area contributed by atoms with E-state index in [9.17, 15) is 9.18 Å². The molecule has 1 aromatic heterocycles. The summed E-state index contributed by atoms with van der Waals surface area (Å²) in [4.78, 5) is 23.2. The summed E-state index contributed by atoms with van der Waals surface area (Å²) in [5, 5.41) is 0. The highest BCUT2D eigenvalue weighted by atomic mass is 19.1. The molecule has 0 saturated carbocycles. The van der Waals surface area contributed by atoms with Crippen LogP contribution in [0.25, 0.3) is 0 Å². The second-order valence-electron chi connectivity index (χ2n) is 7.55. The van der Waals surface area contributed by atoms with Gasteiger partial charge in [0.15, 0.2) is 0 Å². The predicted octanol–water partition coefficient (Wildman–Crippen LogP) is 3.16. The third-order valence-electron chi connectivity index (χ3n) is 4.58. The van der Waals surface area contributed by atoms with Crippen molar-refractivity contribution in [1.29, 1.82) is 0 Å². The molecule has 1 aliphatic rings. The summed E-state index contributed by atoms with van der Waals surface area (Å²) in [6, 6.07) is 7.56. The number of hydrogen-bond donors (Lipinski definition) is 1. The Kier molecular flexibility index (Phi) is 5.41. The average molecular weight is 372 g/mol. The van der Waals surface area contributed by atoms with E-state index in [0.29, 0.717) is 30.5 Å². The highest BCUT2D eigenvalue weighted by Gasteiger charge is 2.32. The lowest BCUT2D eigenvalue weighted by atomic mass is 9.94. The molecule has 0 aliphatic carbocycles. The first-order chi connectivity index (χ1) is 12.7. The molecule has 2 heterocycles. The highest BCUT2D eigenvalue weighted by molar-refractivity contribution is 5.85. The van der Waals surface area contributed by atoms with Gasteiger partial charge in [0, 0.05) is 30.8 Å². The predicted molar refractivity (Wildman–Crippen MR) is 100 cm³/mol. The summed E-state index contributed by atoms with van der Waals surface area (Å²) in [6.07, 6.45) is 1.56. The number of hydrogen-bond acceptors (Lipinski definition) is 5. The van der Waals surface area contributed by atoms with E-state index >= 15 is 0 Å². The van der Waals surface area contributed by atoms with Crippen molar-refractivity contribution < 1.29 is 13.9 Å². The lowest BCUT2D eigenvalue weighted by molar-refractivity contribution is -0.136. The van der Waals surface area contributed by atoms with Gasteiger partial charge in [0.05, 0.1) is 5.54 Å². The van der Waals surface area contributed by atoms with Crippen LogP contribution in [0.4, 0.5) is 4.39 Å². The van der Waals surface area contributed by atoms with Crippen LogP contribution in [-0.2, 0) is 4.79 Å². The summed E-state index contributed by atoms with van der Waals surface area (Å²) in [5.74, 6) is 1.48. The van der Waals surface area contributed by atoms with Crippen molar-refractivity contribution >= 4 is 5.91 Å². The van der Waals surface area contributed by atoms with Crippen molar-refractivity contribution in [3.63, 3.8) is 0 Å². The molecular formula is C20H25FN4O2. The van der Waals surface area contributed by atoms with Crippen molar-refractivity contribution in [2.75, 3.05) is 13.1 Å². The zero-order chi connectivity index (χ0) is 19.6. The maximum atomic E-state index is 13.0. The van der Waals surface area contributed by atoms with Gasteiger partial charge in [-0.3, -0.25) is 4.79 Å². The number of amides is 1.